The van der Waals surface area contributed by atoms with Gasteiger partial charge in [0.05, 0.1) is 24.5 Å². The Bertz CT molecular complexity index is 1110. The van der Waals surface area contributed by atoms with Gasteiger partial charge in [-0.3, -0.25) is 9.59 Å². The second-order valence-corrected chi connectivity index (χ2v) is 9.65. The Kier molecular flexibility index (Phi) is 9.05. The molecule has 0 spiro atoms. The zero-order valence-corrected chi connectivity index (χ0v) is 21.5. The molecule has 0 aliphatic carbocycles. The first-order valence-electron chi connectivity index (χ1n) is 10.9. The van der Waals surface area contributed by atoms with Crippen molar-refractivity contribution in [2.24, 2.45) is 7.05 Å². The molecule has 34 heavy (non-hydrogen) atoms. The molecule has 0 saturated carbocycles. The monoisotopic (exact) mass is 503 g/mol. The third-order valence-corrected chi connectivity index (χ3v) is 6.68. The molecule has 2 aromatic heterocycles. The second kappa shape index (κ2) is 12.0. The Morgan fingerprint density at radius 3 is 2.59 bits per heavy atom. The molecular formula is C23H29N5O4S2. The summed E-state index contributed by atoms with van der Waals surface area (Å²) >= 11 is 2.54. The molecule has 1 aromatic carbocycles. The van der Waals surface area contributed by atoms with Crippen LogP contribution in [0, 0.1) is 0 Å². The van der Waals surface area contributed by atoms with Crippen molar-refractivity contribution in [3.05, 3.63) is 46.7 Å². The molecule has 182 valence electrons. The fourth-order valence-electron chi connectivity index (χ4n) is 3.08. The number of carbonyl (C=O) groups is 2. The van der Waals surface area contributed by atoms with E-state index in [1.54, 1.807) is 12.3 Å². The standard InChI is InChI=1S/C23H29N5O4S2/c1-6-31-20(30)11-17-12-33-22(24-17)25-19(29)13-34-23-27-26-21(28(23)5)15(4)32-18-9-7-16(8-10-18)14(2)3/h7-10,12,14-15H,6,11,13H2,1-5H3,(H,24,25,29). The quantitative estimate of drug-likeness (QED) is 0.304. The van der Waals surface area contributed by atoms with Crippen LogP contribution in [0.2, 0.25) is 0 Å². The summed E-state index contributed by atoms with van der Waals surface area (Å²) in [4.78, 5) is 28.2. The Hall–Kier alpha value is -2.92. The topological polar surface area (TPSA) is 108 Å². The van der Waals surface area contributed by atoms with E-state index in [-0.39, 0.29) is 30.2 Å². The third-order valence-electron chi connectivity index (χ3n) is 4.85. The van der Waals surface area contributed by atoms with E-state index in [0.29, 0.717) is 34.3 Å². The molecule has 0 radical (unpaired) electrons. The van der Waals surface area contributed by atoms with Crippen molar-refractivity contribution in [1.82, 2.24) is 19.7 Å². The fraction of sp³-hybridized carbons (Fsp3) is 0.435. The lowest BCUT2D eigenvalue weighted by Crippen LogP contribution is -2.15. The smallest absolute Gasteiger partial charge is 0.311 e. The van der Waals surface area contributed by atoms with Crippen molar-refractivity contribution in [3.8, 4) is 5.75 Å². The highest BCUT2D eigenvalue weighted by atomic mass is 32.2. The first-order chi connectivity index (χ1) is 16.3. The Labute approximate surface area is 207 Å². The van der Waals surface area contributed by atoms with E-state index in [0.717, 1.165) is 5.75 Å². The van der Waals surface area contributed by atoms with Crippen LogP contribution in [-0.4, -0.2) is 44.0 Å². The van der Waals surface area contributed by atoms with Gasteiger partial charge >= 0.3 is 5.97 Å². The number of amides is 1. The van der Waals surface area contributed by atoms with Crippen LogP contribution in [0.25, 0.3) is 0 Å². The molecule has 0 fully saturated rings. The molecule has 1 N–H and O–H groups in total. The Balaban J connectivity index is 1.51. The van der Waals surface area contributed by atoms with E-state index in [1.165, 1.54) is 28.7 Å². The number of thiazole rings is 1. The summed E-state index contributed by atoms with van der Waals surface area (Å²) in [7, 11) is 1.85. The molecule has 1 atom stereocenters. The van der Waals surface area contributed by atoms with Crippen molar-refractivity contribution < 1.29 is 19.1 Å². The van der Waals surface area contributed by atoms with E-state index in [9.17, 15) is 9.59 Å². The highest BCUT2D eigenvalue weighted by Gasteiger charge is 2.18. The SMILES string of the molecule is CCOC(=O)Cc1csc(NC(=O)CSc2nnc(C(C)Oc3ccc(C(C)C)cc3)n2C)n1. The van der Waals surface area contributed by atoms with E-state index in [1.807, 2.05) is 30.7 Å². The summed E-state index contributed by atoms with van der Waals surface area (Å²) in [6.45, 7) is 8.29. The maximum atomic E-state index is 12.3. The van der Waals surface area contributed by atoms with Gasteiger partial charge < -0.3 is 19.4 Å². The van der Waals surface area contributed by atoms with Gasteiger partial charge in [-0.05, 0) is 37.5 Å². The number of thioether (sulfide) groups is 1. The summed E-state index contributed by atoms with van der Waals surface area (Å²) in [5.41, 5.74) is 1.82. The predicted molar refractivity (Wildman–Crippen MR) is 132 cm³/mol. The number of nitrogens with one attached hydrogen (secondary N) is 1. The van der Waals surface area contributed by atoms with Crippen LogP contribution >= 0.6 is 23.1 Å². The lowest BCUT2D eigenvalue weighted by molar-refractivity contribution is -0.142. The molecule has 2 heterocycles. The summed E-state index contributed by atoms with van der Waals surface area (Å²) < 4.78 is 12.8. The zero-order chi connectivity index (χ0) is 24.7. The van der Waals surface area contributed by atoms with E-state index in [2.05, 4.69) is 46.5 Å². The lowest BCUT2D eigenvalue weighted by Gasteiger charge is -2.15. The van der Waals surface area contributed by atoms with Gasteiger partial charge in [0.25, 0.3) is 0 Å². The number of carbonyl (C=O) groups excluding carboxylic acids is 2. The molecular weight excluding hydrogens is 474 g/mol. The number of aromatic nitrogens is 4. The summed E-state index contributed by atoms with van der Waals surface area (Å²) in [6.07, 6.45) is -0.225. The summed E-state index contributed by atoms with van der Waals surface area (Å²) in [5, 5.41) is 14.0. The molecule has 1 amide bonds. The molecule has 1 unspecified atom stereocenters. The molecule has 11 heteroatoms. The van der Waals surface area contributed by atoms with Crippen molar-refractivity contribution in [2.45, 2.75) is 51.3 Å². The Morgan fingerprint density at radius 1 is 1.18 bits per heavy atom. The molecule has 9 nitrogen and oxygen atoms in total. The second-order valence-electron chi connectivity index (χ2n) is 7.85. The molecule has 3 aromatic rings. The van der Waals surface area contributed by atoms with Crippen LogP contribution < -0.4 is 10.1 Å². The summed E-state index contributed by atoms with van der Waals surface area (Å²) in [6, 6.07) is 8.04. The minimum atomic E-state index is -0.343. The van der Waals surface area contributed by atoms with Gasteiger partial charge in [0.15, 0.2) is 22.2 Å². The number of nitrogens with zero attached hydrogens (tertiary/aromatic N) is 4. The van der Waals surface area contributed by atoms with Gasteiger partial charge in [-0.1, -0.05) is 37.7 Å². The van der Waals surface area contributed by atoms with Gasteiger partial charge in [0.2, 0.25) is 5.91 Å². The number of hydrogen-bond acceptors (Lipinski definition) is 9. The first-order valence-corrected chi connectivity index (χ1v) is 12.8. The normalized spacial score (nSPS) is 11.9. The minimum Gasteiger partial charge on any atom is -0.483 e. The van der Waals surface area contributed by atoms with Crippen molar-refractivity contribution in [1.29, 1.82) is 0 Å². The molecule has 0 aliphatic rings. The van der Waals surface area contributed by atoms with Crippen LogP contribution in [0.15, 0.2) is 34.8 Å². The largest absolute Gasteiger partial charge is 0.483 e. The molecule has 0 bridgehead atoms. The summed E-state index contributed by atoms with van der Waals surface area (Å²) in [5.74, 6) is 1.47. The number of anilines is 1. The number of ether oxygens (including phenoxy) is 2. The first kappa shape index (κ1) is 25.7. The lowest BCUT2D eigenvalue weighted by atomic mass is 10.0. The predicted octanol–water partition coefficient (Wildman–Crippen LogP) is 4.37. The molecule has 0 saturated heterocycles. The van der Waals surface area contributed by atoms with E-state index in [4.69, 9.17) is 9.47 Å². The average Bonchev–Trinajstić information content (AvgIpc) is 3.38. The third kappa shape index (κ3) is 7.04. The van der Waals surface area contributed by atoms with E-state index >= 15 is 0 Å². The maximum Gasteiger partial charge on any atom is 0.311 e. The van der Waals surface area contributed by atoms with Gasteiger partial charge in [-0.15, -0.1) is 21.5 Å². The van der Waals surface area contributed by atoms with Gasteiger partial charge in [-0.25, -0.2) is 4.98 Å². The molecule has 0 aliphatic heterocycles. The van der Waals surface area contributed by atoms with Crippen molar-refractivity contribution >= 4 is 40.1 Å². The molecule has 3 rings (SSSR count). The van der Waals surface area contributed by atoms with Crippen LogP contribution in [0.3, 0.4) is 0 Å². The van der Waals surface area contributed by atoms with Crippen LogP contribution in [0.1, 0.15) is 56.8 Å². The highest BCUT2D eigenvalue weighted by molar-refractivity contribution is 7.99. The fourth-order valence-corrected chi connectivity index (χ4v) is 4.53. The number of benzene rings is 1. The van der Waals surface area contributed by atoms with Crippen molar-refractivity contribution in [3.63, 3.8) is 0 Å². The van der Waals surface area contributed by atoms with Gasteiger partial charge in [-0.2, -0.15) is 0 Å². The number of esters is 1. The minimum absolute atomic E-state index is 0.0821. The van der Waals surface area contributed by atoms with Gasteiger partial charge in [0, 0.05) is 12.4 Å². The Morgan fingerprint density at radius 2 is 1.91 bits per heavy atom. The number of hydrogen-bond donors (Lipinski definition) is 1. The van der Waals surface area contributed by atoms with Crippen LogP contribution in [-0.2, 0) is 27.8 Å². The highest BCUT2D eigenvalue weighted by Crippen LogP contribution is 2.25. The maximum absolute atomic E-state index is 12.3. The van der Waals surface area contributed by atoms with Crippen LogP contribution in [0.5, 0.6) is 5.75 Å². The zero-order valence-electron chi connectivity index (χ0n) is 19.9. The average molecular weight is 504 g/mol. The van der Waals surface area contributed by atoms with E-state index < -0.39 is 0 Å². The number of rotatable bonds is 11. The van der Waals surface area contributed by atoms with Gasteiger partial charge in [0.1, 0.15) is 5.75 Å². The van der Waals surface area contributed by atoms with Crippen molar-refractivity contribution in [2.75, 3.05) is 17.7 Å². The van der Waals surface area contributed by atoms with Crippen LogP contribution in [0.4, 0.5) is 5.13 Å².